The Balaban J connectivity index is 1.47. The number of aromatic nitrogens is 1. The monoisotopic (exact) mass is 367 g/mol. The lowest BCUT2D eigenvalue weighted by atomic mass is 10.0. The number of nitrogens with one attached hydrogen (secondary N) is 1. The minimum Gasteiger partial charge on any atom is -0.496 e. The third-order valence-electron chi connectivity index (χ3n) is 4.23. The number of para-hydroxylation sites is 2. The van der Waals surface area contributed by atoms with Crippen molar-refractivity contribution in [1.29, 1.82) is 0 Å². The number of ether oxygens (including phenoxy) is 1. The molecule has 132 valence electrons. The highest BCUT2D eigenvalue weighted by Crippen LogP contribution is 2.29. The van der Waals surface area contributed by atoms with Crippen LogP contribution in [0.3, 0.4) is 0 Å². The number of rotatable bonds is 4. The maximum absolute atomic E-state index is 12.5. The molecule has 26 heavy (non-hydrogen) atoms. The fraction of sp³-hybridized carbons (Fsp3) is 0.211. The molecule has 0 spiro atoms. The summed E-state index contributed by atoms with van der Waals surface area (Å²) in [6.07, 6.45) is -0.293. The summed E-state index contributed by atoms with van der Waals surface area (Å²) in [4.78, 5) is 22.4. The number of amides is 1. The number of nitrogens with zero attached hydrogens (tertiary/aromatic N) is 2. The van der Waals surface area contributed by atoms with Crippen molar-refractivity contribution in [3.63, 3.8) is 0 Å². The van der Waals surface area contributed by atoms with E-state index in [0.717, 1.165) is 21.3 Å². The maximum atomic E-state index is 12.5. The Morgan fingerprint density at radius 1 is 1.27 bits per heavy atom. The van der Waals surface area contributed by atoms with Crippen LogP contribution < -0.4 is 10.1 Å². The molecular formula is C19H17N3O3S. The quantitative estimate of drug-likeness (QED) is 0.762. The SMILES string of the molecule is COc1ccccc1C1=NOC(C(=O)Nc2nc3c(C)cccc3s2)C1. The van der Waals surface area contributed by atoms with E-state index in [1.54, 1.807) is 7.11 Å². The predicted octanol–water partition coefficient (Wildman–Crippen LogP) is 3.75. The summed E-state index contributed by atoms with van der Waals surface area (Å²) in [5.74, 6) is 0.452. The van der Waals surface area contributed by atoms with Crippen molar-refractivity contribution in [2.75, 3.05) is 12.4 Å². The van der Waals surface area contributed by atoms with Crippen molar-refractivity contribution < 1.29 is 14.4 Å². The summed E-state index contributed by atoms with van der Waals surface area (Å²) >= 11 is 1.45. The third kappa shape index (κ3) is 3.01. The van der Waals surface area contributed by atoms with Crippen molar-refractivity contribution >= 4 is 38.3 Å². The van der Waals surface area contributed by atoms with Gasteiger partial charge in [0.1, 0.15) is 5.75 Å². The van der Waals surface area contributed by atoms with Crippen LogP contribution in [-0.4, -0.2) is 29.8 Å². The highest BCUT2D eigenvalue weighted by atomic mass is 32.1. The van der Waals surface area contributed by atoms with E-state index < -0.39 is 6.10 Å². The summed E-state index contributed by atoms with van der Waals surface area (Å²) in [5, 5.41) is 7.48. The topological polar surface area (TPSA) is 72.8 Å². The molecule has 6 nitrogen and oxygen atoms in total. The first-order chi connectivity index (χ1) is 12.7. The molecule has 1 aliphatic rings. The Labute approximate surface area is 154 Å². The van der Waals surface area contributed by atoms with Crippen LogP contribution >= 0.6 is 11.3 Å². The summed E-state index contributed by atoms with van der Waals surface area (Å²) in [5.41, 5.74) is 3.52. The molecule has 3 aromatic rings. The molecule has 2 heterocycles. The van der Waals surface area contributed by atoms with Crippen LogP contribution in [0.25, 0.3) is 10.2 Å². The van der Waals surface area contributed by atoms with E-state index >= 15 is 0 Å². The number of hydrogen-bond acceptors (Lipinski definition) is 6. The van der Waals surface area contributed by atoms with Crippen LogP contribution in [0.15, 0.2) is 47.6 Å². The van der Waals surface area contributed by atoms with Crippen LogP contribution in [0, 0.1) is 6.92 Å². The van der Waals surface area contributed by atoms with Gasteiger partial charge in [-0.1, -0.05) is 40.8 Å². The molecule has 1 N–H and O–H groups in total. The lowest BCUT2D eigenvalue weighted by Gasteiger charge is -2.08. The van der Waals surface area contributed by atoms with Gasteiger partial charge in [0.25, 0.3) is 5.91 Å². The van der Waals surface area contributed by atoms with Gasteiger partial charge in [0.05, 0.1) is 23.0 Å². The molecule has 0 saturated heterocycles. The molecule has 4 rings (SSSR count). The lowest BCUT2D eigenvalue weighted by molar-refractivity contribution is -0.125. The summed E-state index contributed by atoms with van der Waals surface area (Å²) in [6, 6.07) is 13.5. The van der Waals surface area contributed by atoms with E-state index in [1.165, 1.54) is 11.3 Å². The molecule has 7 heteroatoms. The number of fused-ring (bicyclic) bond motifs is 1. The molecular weight excluding hydrogens is 350 g/mol. The molecule has 0 saturated carbocycles. The smallest absolute Gasteiger partial charge is 0.270 e. The van der Waals surface area contributed by atoms with E-state index in [9.17, 15) is 4.79 Å². The molecule has 1 aromatic heterocycles. The number of hydrogen-bond donors (Lipinski definition) is 1. The van der Waals surface area contributed by atoms with Gasteiger partial charge in [0.15, 0.2) is 5.13 Å². The fourth-order valence-corrected chi connectivity index (χ4v) is 3.83. The summed E-state index contributed by atoms with van der Waals surface area (Å²) in [7, 11) is 1.61. The van der Waals surface area contributed by atoms with E-state index in [4.69, 9.17) is 9.57 Å². The Bertz CT molecular complexity index is 1010. The first kappa shape index (κ1) is 16.5. The number of benzene rings is 2. The van der Waals surface area contributed by atoms with Crippen LogP contribution in [0.5, 0.6) is 5.75 Å². The van der Waals surface area contributed by atoms with Crippen molar-refractivity contribution in [1.82, 2.24) is 4.98 Å². The molecule has 1 unspecified atom stereocenters. The van der Waals surface area contributed by atoms with E-state index in [-0.39, 0.29) is 5.91 Å². The van der Waals surface area contributed by atoms with Crippen LogP contribution in [0.4, 0.5) is 5.13 Å². The Kier molecular flexibility index (Phi) is 4.30. The van der Waals surface area contributed by atoms with E-state index in [0.29, 0.717) is 23.0 Å². The van der Waals surface area contributed by atoms with Crippen molar-refractivity contribution in [3.8, 4) is 5.75 Å². The molecule has 0 bridgehead atoms. The average molecular weight is 367 g/mol. The third-order valence-corrected chi connectivity index (χ3v) is 5.17. The van der Waals surface area contributed by atoms with Crippen LogP contribution in [0.2, 0.25) is 0 Å². The summed E-state index contributed by atoms with van der Waals surface area (Å²) in [6.45, 7) is 2.00. The van der Waals surface area contributed by atoms with Gasteiger partial charge in [-0.15, -0.1) is 0 Å². The second-order valence-electron chi connectivity index (χ2n) is 5.97. The second-order valence-corrected chi connectivity index (χ2v) is 7.00. The van der Waals surface area contributed by atoms with Crippen LogP contribution in [-0.2, 0) is 9.63 Å². The second kappa shape index (κ2) is 6.76. The van der Waals surface area contributed by atoms with Gasteiger partial charge in [-0.2, -0.15) is 0 Å². The fourth-order valence-electron chi connectivity index (χ4n) is 2.89. The van der Waals surface area contributed by atoms with Crippen molar-refractivity contribution in [2.45, 2.75) is 19.4 Å². The molecule has 0 radical (unpaired) electrons. The van der Waals surface area contributed by atoms with Gasteiger partial charge in [0, 0.05) is 12.0 Å². The van der Waals surface area contributed by atoms with E-state index in [2.05, 4.69) is 15.5 Å². The average Bonchev–Trinajstić information content (AvgIpc) is 3.29. The largest absolute Gasteiger partial charge is 0.496 e. The predicted molar refractivity (Wildman–Crippen MR) is 102 cm³/mol. The van der Waals surface area contributed by atoms with Gasteiger partial charge in [-0.3, -0.25) is 10.1 Å². The minimum absolute atomic E-state index is 0.254. The zero-order chi connectivity index (χ0) is 18.1. The van der Waals surface area contributed by atoms with Gasteiger partial charge < -0.3 is 9.57 Å². The maximum Gasteiger partial charge on any atom is 0.270 e. The molecule has 1 atom stereocenters. The van der Waals surface area contributed by atoms with Gasteiger partial charge >= 0.3 is 0 Å². The Morgan fingerprint density at radius 2 is 2.12 bits per heavy atom. The Morgan fingerprint density at radius 3 is 2.92 bits per heavy atom. The molecule has 2 aromatic carbocycles. The highest BCUT2D eigenvalue weighted by molar-refractivity contribution is 7.22. The minimum atomic E-state index is -0.678. The van der Waals surface area contributed by atoms with Crippen molar-refractivity contribution in [3.05, 3.63) is 53.6 Å². The number of anilines is 1. The van der Waals surface area contributed by atoms with Crippen LogP contribution in [0.1, 0.15) is 17.5 Å². The number of thiazole rings is 1. The normalized spacial score (nSPS) is 16.2. The van der Waals surface area contributed by atoms with Gasteiger partial charge in [0.2, 0.25) is 6.10 Å². The lowest BCUT2D eigenvalue weighted by Crippen LogP contribution is -2.28. The first-order valence-corrected chi connectivity index (χ1v) is 9.00. The zero-order valence-corrected chi connectivity index (χ0v) is 15.2. The highest BCUT2D eigenvalue weighted by Gasteiger charge is 2.30. The first-order valence-electron chi connectivity index (χ1n) is 8.19. The number of carbonyl (C=O) groups is 1. The molecule has 1 amide bonds. The standard InChI is InChI=1S/C19H17N3O3S/c1-11-6-5-9-16-17(11)20-19(26-16)21-18(23)15-10-13(22-25-15)12-7-3-4-8-14(12)24-2/h3-9,15H,10H2,1-2H3,(H,20,21,23). The zero-order valence-electron chi connectivity index (χ0n) is 14.4. The van der Waals surface area contributed by atoms with E-state index in [1.807, 2.05) is 49.4 Å². The number of carbonyl (C=O) groups excluding carboxylic acids is 1. The molecule has 0 aliphatic carbocycles. The Hall–Kier alpha value is -2.93. The number of methoxy groups -OCH3 is 1. The van der Waals surface area contributed by atoms with Gasteiger partial charge in [-0.05, 0) is 30.7 Å². The number of oxime groups is 1. The van der Waals surface area contributed by atoms with Crippen molar-refractivity contribution in [2.24, 2.45) is 5.16 Å². The molecule has 1 aliphatic heterocycles. The van der Waals surface area contributed by atoms with Gasteiger partial charge in [-0.25, -0.2) is 4.98 Å². The summed E-state index contributed by atoms with van der Waals surface area (Å²) < 4.78 is 6.39. The number of aryl methyl sites for hydroxylation is 1. The molecule has 0 fully saturated rings.